The van der Waals surface area contributed by atoms with Gasteiger partial charge in [0.15, 0.2) is 0 Å². The molecule has 0 unspecified atom stereocenters. The van der Waals surface area contributed by atoms with Crippen molar-refractivity contribution < 1.29 is 9.59 Å². The summed E-state index contributed by atoms with van der Waals surface area (Å²) in [6, 6.07) is 14.6. The van der Waals surface area contributed by atoms with Crippen LogP contribution in [0, 0.1) is 6.92 Å². The molecule has 0 saturated heterocycles. The van der Waals surface area contributed by atoms with Crippen LogP contribution in [-0.4, -0.2) is 34.2 Å². The van der Waals surface area contributed by atoms with Crippen molar-refractivity contribution in [1.82, 2.24) is 9.80 Å². The van der Waals surface area contributed by atoms with Crippen molar-refractivity contribution in [3.63, 3.8) is 0 Å². The molecular weight excluding hydrogens is 404 g/mol. The Kier molecular flexibility index (Phi) is 9.13. The van der Waals surface area contributed by atoms with Crippen LogP contribution >= 0.6 is 11.3 Å². The molecule has 0 bridgehead atoms. The van der Waals surface area contributed by atoms with Crippen molar-refractivity contribution in [2.24, 2.45) is 0 Å². The van der Waals surface area contributed by atoms with Gasteiger partial charge in [0.25, 0.3) is 0 Å². The van der Waals surface area contributed by atoms with Gasteiger partial charge in [0.2, 0.25) is 11.8 Å². The number of nitrogens with zero attached hydrogens (tertiary/aromatic N) is 2. The monoisotopic (exact) mass is 440 g/mol. The molecule has 0 aliphatic heterocycles. The number of carbonyl (C=O) groups is 2. The molecule has 1 fully saturated rings. The van der Waals surface area contributed by atoms with Gasteiger partial charge in [0, 0.05) is 28.8 Å². The number of hydrogen-bond donors (Lipinski definition) is 0. The van der Waals surface area contributed by atoms with Gasteiger partial charge < -0.3 is 9.80 Å². The fraction of sp³-hybridized carbons (Fsp3) is 0.538. The fourth-order valence-electron chi connectivity index (χ4n) is 3.87. The van der Waals surface area contributed by atoms with E-state index in [9.17, 15) is 9.59 Å². The molecule has 0 N–H and O–H groups in total. The first-order valence-electron chi connectivity index (χ1n) is 11.7. The molecule has 31 heavy (non-hydrogen) atoms. The molecule has 2 amide bonds. The SMILES string of the molecule is CCCCCCCC(=O)N(CC(=O)N(Cc1ccccc1)Cc1ccc(C)s1)C1CC1. The normalized spacial score (nSPS) is 13.2. The van der Waals surface area contributed by atoms with Crippen molar-refractivity contribution in [3.8, 4) is 0 Å². The number of amides is 2. The van der Waals surface area contributed by atoms with E-state index in [0.29, 0.717) is 19.5 Å². The summed E-state index contributed by atoms with van der Waals surface area (Å²) in [4.78, 5) is 32.5. The molecule has 1 heterocycles. The third kappa shape index (κ3) is 7.80. The third-order valence-corrected chi connectivity index (χ3v) is 6.80. The van der Waals surface area contributed by atoms with Crippen LogP contribution < -0.4 is 0 Å². The van der Waals surface area contributed by atoms with Gasteiger partial charge >= 0.3 is 0 Å². The Hall–Kier alpha value is -2.14. The van der Waals surface area contributed by atoms with E-state index in [1.807, 2.05) is 28.0 Å². The largest absolute Gasteiger partial charge is 0.332 e. The second-order valence-electron chi connectivity index (χ2n) is 8.66. The molecule has 1 saturated carbocycles. The zero-order valence-corrected chi connectivity index (χ0v) is 19.8. The van der Waals surface area contributed by atoms with E-state index in [1.54, 1.807) is 11.3 Å². The smallest absolute Gasteiger partial charge is 0.242 e. The average molecular weight is 441 g/mol. The van der Waals surface area contributed by atoms with Crippen LogP contribution in [0.5, 0.6) is 0 Å². The number of aryl methyl sites for hydroxylation is 1. The van der Waals surface area contributed by atoms with Crippen LogP contribution in [0.2, 0.25) is 0 Å². The minimum atomic E-state index is 0.0427. The van der Waals surface area contributed by atoms with Gasteiger partial charge in [0.05, 0.1) is 6.54 Å². The van der Waals surface area contributed by atoms with Gasteiger partial charge in [-0.25, -0.2) is 0 Å². The summed E-state index contributed by atoms with van der Waals surface area (Å²) in [5, 5.41) is 0. The number of rotatable bonds is 13. The third-order valence-electron chi connectivity index (χ3n) is 5.82. The van der Waals surface area contributed by atoms with E-state index < -0.39 is 0 Å². The maximum atomic E-state index is 13.4. The summed E-state index contributed by atoms with van der Waals surface area (Å²) >= 11 is 1.73. The number of benzene rings is 1. The molecule has 1 aliphatic carbocycles. The van der Waals surface area contributed by atoms with Gasteiger partial charge in [-0.05, 0) is 43.9 Å². The highest BCUT2D eigenvalue weighted by Crippen LogP contribution is 2.28. The Labute approximate surface area is 191 Å². The molecule has 4 nitrogen and oxygen atoms in total. The van der Waals surface area contributed by atoms with Crippen LogP contribution in [0.15, 0.2) is 42.5 Å². The van der Waals surface area contributed by atoms with Crippen molar-refractivity contribution in [2.75, 3.05) is 6.54 Å². The Morgan fingerprint density at radius 1 is 0.935 bits per heavy atom. The molecule has 0 radical (unpaired) electrons. The number of hydrogen-bond acceptors (Lipinski definition) is 3. The molecule has 5 heteroatoms. The minimum absolute atomic E-state index is 0.0427. The predicted octanol–water partition coefficient (Wildman–Crippen LogP) is 5.94. The molecule has 1 aromatic heterocycles. The Balaban J connectivity index is 1.63. The minimum Gasteiger partial charge on any atom is -0.332 e. The summed E-state index contributed by atoms with van der Waals surface area (Å²) in [7, 11) is 0. The van der Waals surface area contributed by atoms with E-state index in [0.717, 1.165) is 31.2 Å². The summed E-state index contributed by atoms with van der Waals surface area (Å²) < 4.78 is 0. The Bertz CT molecular complexity index is 829. The summed E-state index contributed by atoms with van der Waals surface area (Å²) in [6.45, 7) is 5.65. The zero-order valence-electron chi connectivity index (χ0n) is 19.0. The van der Waals surface area contributed by atoms with E-state index in [2.05, 4.69) is 38.1 Å². The van der Waals surface area contributed by atoms with Crippen LogP contribution in [-0.2, 0) is 22.7 Å². The Morgan fingerprint density at radius 3 is 2.32 bits per heavy atom. The molecular formula is C26H36N2O2S. The molecule has 0 spiro atoms. The topological polar surface area (TPSA) is 40.6 Å². The number of unbranched alkanes of at least 4 members (excludes halogenated alkanes) is 4. The quantitative estimate of drug-likeness (QED) is 0.362. The number of carbonyl (C=O) groups excluding carboxylic acids is 2. The van der Waals surface area contributed by atoms with Crippen LogP contribution in [0.25, 0.3) is 0 Å². The van der Waals surface area contributed by atoms with E-state index in [4.69, 9.17) is 0 Å². The van der Waals surface area contributed by atoms with Crippen molar-refractivity contribution >= 4 is 23.2 Å². The van der Waals surface area contributed by atoms with Crippen molar-refractivity contribution in [3.05, 3.63) is 57.8 Å². The van der Waals surface area contributed by atoms with Crippen molar-refractivity contribution in [1.29, 1.82) is 0 Å². The second-order valence-corrected chi connectivity index (χ2v) is 10.0. The van der Waals surface area contributed by atoms with Gasteiger partial charge in [-0.15, -0.1) is 11.3 Å². The maximum absolute atomic E-state index is 13.4. The predicted molar refractivity (Wildman–Crippen MR) is 128 cm³/mol. The van der Waals surface area contributed by atoms with E-state index >= 15 is 0 Å². The summed E-state index contributed by atoms with van der Waals surface area (Å²) in [5.74, 6) is 0.195. The van der Waals surface area contributed by atoms with Crippen LogP contribution in [0.1, 0.15) is 73.6 Å². The van der Waals surface area contributed by atoms with E-state index in [1.165, 1.54) is 29.0 Å². The van der Waals surface area contributed by atoms with Crippen LogP contribution in [0.3, 0.4) is 0 Å². The first-order valence-corrected chi connectivity index (χ1v) is 12.5. The van der Waals surface area contributed by atoms with E-state index in [-0.39, 0.29) is 24.4 Å². The average Bonchev–Trinajstić information content (AvgIpc) is 3.53. The molecule has 3 rings (SSSR count). The lowest BCUT2D eigenvalue weighted by molar-refractivity contribution is -0.141. The van der Waals surface area contributed by atoms with Crippen molar-refractivity contribution in [2.45, 2.75) is 84.3 Å². The summed E-state index contributed by atoms with van der Waals surface area (Å²) in [5.41, 5.74) is 1.12. The highest BCUT2D eigenvalue weighted by molar-refractivity contribution is 7.11. The van der Waals surface area contributed by atoms with Gasteiger partial charge in [-0.1, -0.05) is 62.9 Å². The lowest BCUT2D eigenvalue weighted by Gasteiger charge is -2.28. The van der Waals surface area contributed by atoms with Crippen LogP contribution in [0.4, 0.5) is 0 Å². The molecule has 1 aromatic carbocycles. The first-order chi connectivity index (χ1) is 15.1. The number of thiophene rings is 1. The van der Waals surface area contributed by atoms with Gasteiger partial charge in [0.1, 0.15) is 6.54 Å². The maximum Gasteiger partial charge on any atom is 0.242 e. The molecule has 2 aromatic rings. The highest BCUT2D eigenvalue weighted by atomic mass is 32.1. The summed E-state index contributed by atoms with van der Waals surface area (Å²) in [6.07, 6.45) is 8.28. The lowest BCUT2D eigenvalue weighted by atomic mass is 10.1. The second kappa shape index (κ2) is 12.0. The zero-order chi connectivity index (χ0) is 22.1. The highest BCUT2D eigenvalue weighted by Gasteiger charge is 2.34. The molecule has 0 atom stereocenters. The Morgan fingerprint density at radius 2 is 1.68 bits per heavy atom. The molecule has 168 valence electrons. The van der Waals surface area contributed by atoms with Gasteiger partial charge in [-0.3, -0.25) is 9.59 Å². The lowest BCUT2D eigenvalue weighted by Crippen LogP contribution is -2.43. The first kappa shape index (κ1) is 23.5. The fourth-order valence-corrected chi connectivity index (χ4v) is 4.78. The van der Waals surface area contributed by atoms with Gasteiger partial charge in [-0.2, -0.15) is 0 Å². The standard InChI is InChI=1S/C26H36N2O2S/c1-3-4-5-6-10-13-25(29)28(23-15-16-23)20-26(30)27(18-22-11-8-7-9-12-22)19-24-17-14-21(2)31-24/h7-9,11-12,14,17,23H,3-6,10,13,15-16,18-20H2,1-2H3. The molecule has 1 aliphatic rings.